The first kappa shape index (κ1) is 22.8. The Morgan fingerprint density at radius 1 is 0.970 bits per heavy atom. The molecule has 0 bridgehead atoms. The molecule has 1 aromatic heterocycles. The van der Waals surface area contributed by atoms with Gasteiger partial charge in [0.25, 0.3) is 0 Å². The van der Waals surface area contributed by atoms with E-state index in [9.17, 15) is 8.42 Å². The topological polar surface area (TPSA) is 117 Å². The SMILES string of the molecule is Cc1ccc(Nc2nc(N)nc(CN3CCN(S(=O)(=O)/C=C/c4ccccc4)CC3)n2)cc1. The number of anilines is 3. The van der Waals surface area contributed by atoms with Gasteiger partial charge in [-0.3, -0.25) is 4.90 Å². The zero-order valence-electron chi connectivity index (χ0n) is 18.4. The van der Waals surface area contributed by atoms with Gasteiger partial charge in [0, 0.05) is 37.3 Å². The molecule has 4 rings (SSSR count). The first-order valence-electron chi connectivity index (χ1n) is 10.7. The molecule has 3 aromatic rings. The summed E-state index contributed by atoms with van der Waals surface area (Å²) in [6.45, 7) is 4.43. The van der Waals surface area contributed by atoms with Gasteiger partial charge in [0.2, 0.25) is 21.9 Å². The van der Waals surface area contributed by atoms with Gasteiger partial charge in [0.05, 0.1) is 6.54 Å². The van der Waals surface area contributed by atoms with Crippen molar-refractivity contribution in [1.29, 1.82) is 0 Å². The molecule has 1 aliphatic rings. The zero-order valence-corrected chi connectivity index (χ0v) is 19.2. The van der Waals surface area contributed by atoms with Crippen LogP contribution in [0, 0.1) is 6.92 Å². The highest BCUT2D eigenvalue weighted by molar-refractivity contribution is 7.92. The minimum absolute atomic E-state index is 0.141. The highest BCUT2D eigenvalue weighted by Gasteiger charge is 2.25. The van der Waals surface area contributed by atoms with Gasteiger partial charge in [-0.15, -0.1) is 0 Å². The fraction of sp³-hybridized carbons (Fsp3) is 0.261. The molecular formula is C23H27N7O2S. The Bertz CT molecular complexity index is 1210. The van der Waals surface area contributed by atoms with Crippen molar-refractivity contribution in [3.8, 4) is 0 Å². The highest BCUT2D eigenvalue weighted by Crippen LogP contribution is 2.16. The Morgan fingerprint density at radius 3 is 2.36 bits per heavy atom. The molecule has 0 atom stereocenters. The lowest BCUT2D eigenvalue weighted by Gasteiger charge is -2.32. The lowest BCUT2D eigenvalue weighted by Crippen LogP contribution is -2.47. The van der Waals surface area contributed by atoms with Crippen molar-refractivity contribution >= 4 is 33.7 Å². The minimum Gasteiger partial charge on any atom is -0.368 e. The second-order valence-electron chi connectivity index (χ2n) is 7.86. The monoisotopic (exact) mass is 465 g/mol. The van der Waals surface area contributed by atoms with Crippen molar-refractivity contribution in [2.75, 3.05) is 37.2 Å². The molecule has 0 aliphatic carbocycles. The second-order valence-corrected chi connectivity index (χ2v) is 9.68. The van der Waals surface area contributed by atoms with E-state index in [0.29, 0.717) is 44.5 Å². The fourth-order valence-corrected chi connectivity index (χ4v) is 4.66. The molecule has 1 aliphatic heterocycles. The summed E-state index contributed by atoms with van der Waals surface area (Å²) < 4.78 is 26.8. The summed E-state index contributed by atoms with van der Waals surface area (Å²) >= 11 is 0. The summed E-state index contributed by atoms with van der Waals surface area (Å²) in [6.07, 6.45) is 1.62. The standard InChI is InChI=1S/C23H27N7O2S/c1-18-7-9-20(10-8-18)25-23-27-21(26-22(24)28-23)17-29-12-14-30(15-13-29)33(31,32)16-11-19-5-3-2-4-6-19/h2-11,16H,12-15,17H2,1H3,(H3,24,25,26,27,28)/b16-11+. The van der Waals surface area contributed by atoms with Crippen molar-refractivity contribution in [3.63, 3.8) is 0 Å². The summed E-state index contributed by atoms with van der Waals surface area (Å²) in [5.74, 6) is 1.06. The van der Waals surface area contributed by atoms with E-state index < -0.39 is 10.0 Å². The molecule has 10 heteroatoms. The summed E-state index contributed by atoms with van der Waals surface area (Å²) in [4.78, 5) is 15.0. The molecule has 1 saturated heterocycles. The van der Waals surface area contributed by atoms with E-state index in [0.717, 1.165) is 16.8 Å². The first-order chi connectivity index (χ1) is 15.9. The minimum atomic E-state index is -3.47. The number of nitrogens with two attached hydrogens (primary N) is 1. The third-order valence-electron chi connectivity index (χ3n) is 5.29. The number of nitrogens with zero attached hydrogens (tertiary/aromatic N) is 5. The van der Waals surface area contributed by atoms with Crippen LogP contribution in [0.1, 0.15) is 17.0 Å². The number of benzene rings is 2. The molecule has 0 amide bonds. The molecule has 0 spiro atoms. The van der Waals surface area contributed by atoms with E-state index in [-0.39, 0.29) is 5.95 Å². The van der Waals surface area contributed by atoms with Gasteiger partial charge in [-0.05, 0) is 30.7 Å². The summed E-state index contributed by atoms with van der Waals surface area (Å²) in [6, 6.07) is 17.3. The van der Waals surface area contributed by atoms with Crippen molar-refractivity contribution < 1.29 is 8.42 Å². The van der Waals surface area contributed by atoms with Gasteiger partial charge in [0.1, 0.15) is 5.82 Å². The van der Waals surface area contributed by atoms with Crippen molar-refractivity contribution in [1.82, 2.24) is 24.2 Å². The van der Waals surface area contributed by atoms with Gasteiger partial charge >= 0.3 is 0 Å². The zero-order chi connectivity index (χ0) is 23.3. The Hall–Kier alpha value is -3.34. The van der Waals surface area contributed by atoms with Crippen LogP contribution < -0.4 is 11.1 Å². The predicted molar refractivity (Wildman–Crippen MR) is 130 cm³/mol. The molecule has 172 valence electrons. The van der Waals surface area contributed by atoms with Crippen LogP contribution in [0.4, 0.5) is 17.6 Å². The Kier molecular flexibility index (Phi) is 6.97. The van der Waals surface area contributed by atoms with Gasteiger partial charge < -0.3 is 11.1 Å². The lowest BCUT2D eigenvalue weighted by atomic mass is 10.2. The van der Waals surface area contributed by atoms with Crippen LogP contribution in [-0.4, -0.2) is 58.8 Å². The molecule has 9 nitrogen and oxygen atoms in total. The fourth-order valence-electron chi connectivity index (χ4n) is 3.49. The number of aryl methyl sites for hydroxylation is 1. The predicted octanol–water partition coefficient (Wildman–Crippen LogP) is 2.62. The van der Waals surface area contributed by atoms with E-state index in [2.05, 4.69) is 25.2 Å². The summed E-state index contributed by atoms with van der Waals surface area (Å²) in [7, 11) is -3.47. The quantitative estimate of drug-likeness (QED) is 0.547. The van der Waals surface area contributed by atoms with Crippen molar-refractivity contribution in [2.45, 2.75) is 13.5 Å². The van der Waals surface area contributed by atoms with E-state index in [1.807, 2.05) is 61.5 Å². The lowest BCUT2D eigenvalue weighted by molar-refractivity contribution is 0.179. The third kappa shape index (κ3) is 6.35. The maximum absolute atomic E-state index is 12.7. The molecule has 2 heterocycles. The summed E-state index contributed by atoms with van der Waals surface area (Å²) in [5.41, 5.74) is 8.76. The van der Waals surface area contributed by atoms with Crippen molar-refractivity contribution in [2.24, 2.45) is 0 Å². The molecular weight excluding hydrogens is 438 g/mol. The number of rotatable bonds is 7. The number of aromatic nitrogens is 3. The largest absolute Gasteiger partial charge is 0.368 e. The smallest absolute Gasteiger partial charge is 0.236 e. The molecule has 0 radical (unpaired) electrons. The Balaban J connectivity index is 1.35. The molecule has 0 unspecified atom stereocenters. The van der Waals surface area contributed by atoms with E-state index in [1.54, 1.807) is 6.08 Å². The summed E-state index contributed by atoms with van der Waals surface area (Å²) in [5, 5.41) is 4.42. The van der Waals surface area contributed by atoms with Crippen LogP contribution in [-0.2, 0) is 16.6 Å². The van der Waals surface area contributed by atoms with E-state index >= 15 is 0 Å². The van der Waals surface area contributed by atoms with Gasteiger partial charge in [-0.1, -0.05) is 48.0 Å². The van der Waals surface area contributed by atoms with Crippen LogP contribution in [0.5, 0.6) is 0 Å². The second kappa shape index (κ2) is 10.1. The Morgan fingerprint density at radius 2 is 1.67 bits per heavy atom. The maximum Gasteiger partial charge on any atom is 0.236 e. The average molecular weight is 466 g/mol. The third-order valence-corrected chi connectivity index (χ3v) is 6.86. The van der Waals surface area contributed by atoms with Crippen LogP contribution >= 0.6 is 0 Å². The number of nitrogens with one attached hydrogen (secondary N) is 1. The molecule has 2 aromatic carbocycles. The van der Waals surface area contributed by atoms with E-state index in [4.69, 9.17) is 5.73 Å². The molecule has 1 fully saturated rings. The number of sulfonamides is 1. The number of piperazine rings is 1. The van der Waals surface area contributed by atoms with Crippen LogP contribution in [0.3, 0.4) is 0 Å². The molecule has 33 heavy (non-hydrogen) atoms. The first-order valence-corrected chi connectivity index (χ1v) is 12.2. The van der Waals surface area contributed by atoms with Gasteiger partial charge in [-0.25, -0.2) is 8.42 Å². The number of hydrogen-bond donors (Lipinski definition) is 2. The molecule has 3 N–H and O–H groups in total. The van der Waals surface area contributed by atoms with Gasteiger partial charge in [0.15, 0.2) is 0 Å². The van der Waals surface area contributed by atoms with Crippen LogP contribution in [0.25, 0.3) is 6.08 Å². The van der Waals surface area contributed by atoms with Crippen molar-refractivity contribution in [3.05, 3.63) is 77.0 Å². The normalized spacial score (nSPS) is 15.7. The highest BCUT2D eigenvalue weighted by atomic mass is 32.2. The van der Waals surface area contributed by atoms with Crippen LogP contribution in [0.2, 0.25) is 0 Å². The average Bonchev–Trinajstić information content (AvgIpc) is 2.80. The van der Waals surface area contributed by atoms with Gasteiger partial charge in [-0.2, -0.15) is 19.3 Å². The number of hydrogen-bond acceptors (Lipinski definition) is 8. The number of nitrogen functional groups attached to an aromatic ring is 1. The molecule has 0 saturated carbocycles. The van der Waals surface area contributed by atoms with Crippen LogP contribution in [0.15, 0.2) is 60.0 Å². The maximum atomic E-state index is 12.7. The van der Waals surface area contributed by atoms with E-state index in [1.165, 1.54) is 9.71 Å². The Labute approximate surface area is 194 Å².